The first-order valence-corrected chi connectivity index (χ1v) is 10.5. The van der Waals surface area contributed by atoms with E-state index in [1.807, 2.05) is 32.0 Å². The Morgan fingerprint density at radius 3 is 2.41 bits per heavy atom. The standard InChI is InChI=1S/C23H25N5O4/c1-15-6-4-7-16(2)22(15)32-20-10-12-26(13-11-20)23(29)21-17(3)27(25-24-21)18-8-5-9-19(14-18)28(30)31/h4-9,14,20H,10-13H2,1-3H3. The zero-order valence-electron chi connectivity index (χ0n) is 18.3. The minimum Gasteiger partial charge on any atom is -0.490 e. The van der Waals surface area contributed by atoms with Gasteiger partial charge < -0.3 is 9.64 Å². The number of carbonyl (C=O) groups is 1. The third kappa shape index (κ3) is 4.18. The molecule has 2 aromatic carbocycles. The van der Waals surface area contributed by atoms with Crippen molar-refractivity contribution in [2.45, 2.75) is 39.7 Å². The number of nitrogens with zero attached hydrogens (tertiary/aromatic N) is 5. The van der Waals surface area contributed by atoms with Crippen LogP contribution in [0.2, 0.25) is 0 Å². The Hall–Kier alpha value is -3.75. The van der Waals surface area contributed by atoms with Crippen LogP contribution in [-0.2, 0) is 0 Å². The summed E-state index contributed by atoms with van der Waals surface area (Å²) < 4.78 is 7.70. The highest BCUT2D eigenvalue weighted by Gasteiger charge is 2.28. The lowest BCUT2D eigenvalue weighted by atomic mass is 10.1. The molecule has 0 aliphatic carbocycles. The lowest BCUT2D eigenvalue weighted by Crippen LogP contribution is -2.42. The normalized spacial score (nSPS) is 14.4. The molecule has 4 rings (SSSR count). The third-order valence-corrected chi connectivity index (χ3v) is 5.80. The van der Waals surface area contributed by atoms with Gasteiger partial charge in [0.05, 0.1) is 16.3 Å². The number of nitro groups is 1. The summed E-state index contributed by atoms with van der Waals surface area (Å²) in [6, 6.07) is 12.2. The van der Waals surface area contributed by atoms with Crippen molar-refractivity contribution in [3.8, 4) is 11.4 Å². The topological polar surface area (TPSA) is 103 Å². The summed E-state index contributed by atoms with van der Waals surface area (Å²) in [5, 5.41) is 19.2. The van der Waals surface area contributed by atoms with E-state index in [4.69, 9.17) is 4.74 Å². The van der Waals surface area contributed by atoms with Crippen LogP contribution >= 0.6 is 0 Å². The molecule has 1 aliphatic heterocycles. The predicted octanol–water partition coefficient (Wildman–Crippen LogP) is 3.78. The number of nitro benzene ring substituents is 1. The summed E-state index contributed by atoms with van der Waals surface area (Å²) in [7, 11) is 0. The van der Waals surface area contributed by atoms with Crippen molar-refractivity contribution < 1.29 is 14.5 Å². The first-order valence-electron chi connectivity index (χ1n) is 10.5. The average Bonchev–Trinajstić information content (AvgIpc) is 3.17. The average molecular weight is 435 g/mol. The number of hydrogen-bond donors (Lipinski definition) is 0. The smallest absolute Gasteiger partial charge is 0.276 e. The number of hydrogen-bond acceptors (Lipinski definition) is 6. The van der Waals surface area contributed by atoms with Gasteiger partial charge in [0.1, 0.15) is 11.9 Å². The minimum atomic E-state index is -0.466. The highest BCUT2D eigenvalue weighted by molar-refractivity contribution is 5.93. The van der Waals surface area contributed by atoms with Gasteiger partial charge in [-0.3, -0.25) is 14.9 Å². The maximum Gasteiger partial charge on any atom is 0.276 e. The molecule has 0 spiro atoms. The summed E-state index contributed by atoms with van der Waals surface area (Å²) in [4.78, 5) is 25.4. The van der Waals surface area contributed by atoms with E-state index >= 15 is 0 Å². The largest absolute Gasteiger partial charge is 0.490 e. The Labute approximate surface area is 185 Å². The first kappa shape index (κ1) is 21.5. The number of aryl methyl sites for hydroxylation is 2. The maximum absolute atomic E-state index is 13.1. The summed E-state index contributed by atoms with van der Waals surface area (Å²) in [5.41, 5.74) is 3.46. The Kier molecular flexibility index (Phi) is 5.89. The molecular formula is C23H25N5O4. The number of likely N-dealkylation sites (tertiary alicyclic amines) is 1. The van der Waals surface area contributed by atoms with Gasteiger partial charge in [0.25, 0.3) is 11.6 Å². The van der Waals surface area contributed by atoms with Gasteiger partial charge in [0.2, 0.25) is 0 Å². The highest BCUT2D eigenvalue weighted by atomic mass is 16.6. The molecule has 1 amide bonds. The number of aromatic nitrogens is 3. The predicted molar refractivity (Wildman–Crippen MR) is 118 cm³/mol. The zero-order chi connectivity index (χ0) is 22.8. The van der Waals surface area contributed by atoms with Gasteiger partial charge in [-0.15, -0.1) is 5.10 Å². The molecule has 9 nitrogen and oxygen atoms in total. The molecule has 32 heavy (non-hydrogen) atoms. The van der Waals surface area contributed by atoms with Gasteiger partial charge in [0.15, 0.2) is 5.69 Å². The first-order chi connectivity index (χ1) is 15.3. The molecule has 1 saturated heterocycles. The van der Waals surface area contributed by atoms with E-state index in [2.05, 4.69) is 10.3 Å². The van der Waals surface area contributed by atoms with Crippen LogP contribution in [0.3, 0.4) is 0 Å². The molecule has 1 fully saturated rings. The Morgan fingerprint density at radius 1 is 1.09 bits per heavy atom. The third-order valence-electron chi connectivity index (χ3n) is 5.80. The van der Waals surface area contributed by atoms with Crippen LogP contribution in [0, 0.1) is 30.9 Å². The number of non-ortho nitro benzene ring substituents is 1. The van der Waals surface area contributed by atoms with Gasteiger partial charge in [-0.1, -0.05) is 29.5 Å². The number of rotatable bonds is 5. The summed E-state index contributed by atoms with van der Waals surface area (Å²) in [6.45, 7) is 6.95. The maximum atomic E-state index is 13.1. The van der Waals surface area contributed by atoms with Crippen molar-refractivity contribution in [2.24, 2.45) is 0 Å². The lowest BCUT2D eigenvalue weighted by Gasteiger charge is -2.32. The fourth-order valence-electron chi connectivity index (χ4n) is 3.99. The van der Waals surface area contributed by atoms with Gasteiger partial charge in [-0.05, 0) is 38.0 Å². The molecule has 2 heterocycles. The number of carbonyl (C=O) groups excluding carboxylic acids is 1. The van der Waals surface area contributed by atoms with E-state index in [1.54, 1.807) is 24.0 Å². The minimum absolute atomic E-state index is 0.0451. The molecule has 0 saturated carbocycles. The molecule has 1 aliphatic rings. The lowest BCUT2D eigenvalue weighted by molar-refractivity contribution is -0.384. The molecule has 0 radical (unpaired) electrons. The summed E-state index contributed by atoms with van der Waals surface area (Å²) >= 11 is 0. The molecule has 3 aromatic rings. The SMILES string of the molecule is Cc1cccc(C)c1OC1CCN(C(=O)c2nnn(-c3cccc([N+](=O)[O-])c3)c2C)CC1. The molecule has 166 valence electrons. The van der Waals surface area contributed by atoms with Crippen LogP contribution in [0.1, 0.15) is 40.2 Å². The van der Waals surface area contributed by atoms with Gasteiger partial charge in [0, 0.05) is 38.1 Å². The number of amides is 1. The Balaban J connectivity index is 1.44. The molecule has 9 heteroatoms. The number of benzene rings is 2. The van der Waals surface area contributed by atoms with Crippen LogP contribution in [0.4, 0.5) is 5.69 Å². The van der Waals surface area contributed by atoms with Crippen LogP contribution in [0.25, 0.3) is 5.69 Å². The molecule has 0 N–H and O–H groups in total. The van der Waals surface area contributed by atoms with Gasteiger partial charge >= 0.3 is 0 Å². The van der Waals surface area contributed by atoms with Crippen molar-refractivity contribution in [2.75, 3.05) is 13.1 Å². The van der Waals surface area contributed by atoms with E-state index in [1.165, 1.54) is 16.8 Å². The van der Waals surface area contributed by atoms with E-state index in [-0.39, 0.29) is 23.4 Å². The van der Waals surface area contributed by atoms with E-state index < -0.39 is 4.92 Å². The Morgan fingerprint density at radius 2 is 1.75 bits per heavy atom. The van der Waals surface area contributed by atoms with E-state index in [0.717, 1.165) is 29.7 Å². The van der Waals surface area contributed by atoms with Crippen LogP contribution in [0.15, 0.2) is 42.5 Å². The highest BCUT2D eigenvalue weighted by Crippen LogP contribution is 2.27. The van der Waals surface area contributed by atoms with Crippen molar-refractivity contribution in [1.29, 1.82) is 0 Å². The quantitative estimate of drug-likeness (QED) is 0.446. The van der Waals surface area contributed by atoms with Crippen LogP contribution < -0.4 is 4.74 Å². The molecular weight excluding hydrogens is 410 g/mol. The monoisotopic (exact) mass is 435 g/mol. The van der Waals surface area contributed by atoms with Crippen molar-refractivity contribution >= 4 is 11.6 Å². The molecule has 1 aromatic heterocycles. The van der Waals surface area contributed by atoms with E-state index in [9.17, 15) is 14.9 Å². The van der Waals surface area contributed by atoms with Gasteiger partial charge in [-0.25, -0.2) is 4.68 Å². The Bertz CT molecular complexity index is 1140. The molecule has 0 bridgehead atoms. The number of ether oxygens (including phenoxy) is 1. The summed E-state index contributed by atoms with van der Waals surface area (Å²) in [6.07, 6.45) is 1.52. The summed E-state index contributed by atoms with van der Waals surface area (Å²) in [5.74, 6) is 0.734. The van der Waals surface area contributed by atoms with Crippen molar-refractivity contribution in [3.63, 3.8) is 0 Å². The van der Waals surface area contributed by atoms with Gasteiger partial charge in [-0.2, -0.15) is 0 Å². The number of para-hydroxylation sites is 1. The van der Waals surface area contributed by atoms with Crippen LogP contribution in [0.5, 0.6) is 5.75 Å². The second-order valence-corrected chi connectivity index (χ2v) is 8.04. The molecule has 0 atom stereocenters. The second-order valence-electron chi connectivity index (χ2n) is 8.04. The van der Waals surface area contributed by atoms with Crippen LogP contribution in [-0.4, -0.2) is 49.9 Å². The van der Waals surface area contributed by atoms with Crippen molar-refractivity contribution in [3.05, 3.63) is 75.1 Å². The second kappa shape index (κ2) is 8.78. The fourth-order valence-corrected chi connectivity index (χ4v) is 3.99. The van der Waals surface area contributed by atoms with Crippen molar-refractivity contribution in [1.82, 2.24) is 19.9 Å². The number of piperidine rings is 1. The molecule has 0 unspecified atom stereocenters. The van der Waals surface area contributed by atoms with E-state index in [0.29, 0.717) is 24.5 Å². The fraction of sp³-hybridized carbons (Fsp3) is 0.348. The zero-order valence-corrected chi connectivity index (χ0v) is 18.3.